The van der Waals surface area contributed by atoms with Crippen LogP contribution in [0.2, 0.25) is 0 Å². The summed E-state index contributed by atoms with van der Waals surface area (Å²) in [5.74, 6) is -0.422. The molecule has 82 valence electrons. The van der Waals surface area contributed by atoms with Crippen molar-refractivity contribution >= 4 is 11.7 Å². The Hall–Kier alpha value is -1.58. The van der Waals surface area contributed by atoms with Crippen molar-refractivity contribution in [1.82, 2.24) is 4.98 Å². The van der Waals surface area contributed by atoms with Crippen LogP contribution >= 0.6 is 0 Å². The van der Waals surface area contributed by atoms with E-state index in [-0.39, 0.29) is 5.56 Å². The fourth-order valence-corrected chi connectivity index (χ4v) is 1.15. The van der Waals surface area contributed by atoms with E-state index in [1.165, 1.54) is 6.20 Å². The molecular formula is C11H16N2O2. The van der Waals surface area contributed by atoms with Gasteiger partial charge in [-0.3, -0.25) is 4.98 Å². The number of aromatic carboxylic acids is 1. The van der Waals surface area contributed by atoms with Crippen LogP contribution in [0.1, 0.15) is 30.6 Å². The molecule has 0 spiro atoms. The predicted molar refractivity (Wildman–Crippen MR) is 59.1 cm³/mol. The van der Waals surface area contributed by atoms with Crippen molar-refractivity contribution in [3.05, 3.63) is 24.0 Å². The van der Waals surface area contributed by atoms with Crippen LogP contribution in [0.3, 0.4) is 0 Å². The summed E-state index contributed by atoms with van der Waals surface area (Å²) in [5.41, 5.74) is 0.860. The lowest BCUT2D eigenvalue weighted by Gasteiger charge is -2.12. The quantitative estimate of drug-likeness (QED) is 0.779. The second kappa shape index (κ2) is 5.34. The first kappa shape index (κ1) is 11.5. The normalized spacial score (nSPS) is 12.1. The number of pyridine rings is 1. The first-order valence-electron chi connectivity index (χ1n) is 5.06. The highest BCUT2D eigenvalue weighted by atomic mass is 16.4. The van der Waals surface area contributed by atoms with Crippen LogP contribution in [0.15, 0.2) is 18.5 Å². The number of aromatic nitrogens is 1. The molecule has 0 amide bonds. The number of rotatable bonds is 5. The molecule has 0 bridgehead atoms. The van der Waals surface area contributed by atoms with Gasteiger partial charge in [-0.15, -0.1) is 0 Å². The molecule has 0 aliphatic heterocycles. The van der Waals surface area contributed by atoms with E-state index in [1.54, 1.807) is 12.3 Å². The summed E-state index contributed by atoms with van der Waals surface area (Å²) < 4.78 is 0. The Bertz CT molecular complexity index is 339. The van der Waals surface area contributed by atoms with Crippen molar-refractivity contribution < 1.29 is 9.90 Å². The Morgan fingerprint density at radius 2 is 2.40 bits per heavy atom. The van der Waals surface area contributed by atoms with Gasteiger partial charge < -0.3 is 10.4 Å². The van der Waals surface area contributed by atoms with E-state index in [0.717, 1.165) is 13.0 Å². The molecule has 0 radical (unpaired) electrons. The molecule has 0 aliphatic rings. The number of carboxylic acid groups (broad SMARTS) is 1. The largest absolute Gasteiger partial charge is 0.478 e. The smallest absolute Gasteiger partial charge is 0.339 e. The second-order valence-corrected chi connectivity index (χ2v) is 3.62. The third-order valence-corrected chi connectivity index (χ3v) is 2.39. The van der Waals surface area contributed by atoms with Crippen LogP contribution in [-0.4, -0.2) is 22.6 Å². The molecule has 1 aromatic rings. The predicted octanol–water partition coefficient (Wildman–Crippen LogP) is 2.24. The van der Waals surface area contributed by atoms with Gasteiger partial charge in [0, 0.05) is 18.9 Å². The van der Waals surface area contributed by atoms with Gasteiger partial charge >= 0.3 is 5.97 Å². The molecule has 0 aromatic carbocycles. The lowest BCUT2D eigenvalue weighted by atomic mass is 10.1. The van der Waals surface area contributed by atoms with Gasteiger partial charge in [0.15, 0.2) is 0 Å². The molecule has 1 heterocycles. The summed E-state index contributed by atoms with van der Waals surface area (Å²) in [6.45, 7) is 5.01. The number of hydrogen-bond acceptors (Lipinski definition) is 3. The summed E-state index contributed by atoms with van der Waals surface area (Å²) >= 11 is 0. The van der Waals surface area contributed by atoms with Gasteiger partial charge in [0.1, 0.15) is 5.56 Å². The van der Waals surface area contributed by atoms with Crippen LogP contribution in [-0.2, 0) is 0 Å². The van der Waals surface area contributed by atoms with Crippen molar-refractivity contribution in [2.24, 2.45) is 5.92 Å². The zero-order valence-corrected chi connectivity index (χ0v) is 9.03. The molecule has 0 aliphatic carbocycles. The summed E-state index contributed by atoms with van der Waals surface area (Å²) in [5, 5.41) is 12.0. The van der Waals surface area contributed by atoms with E-state index in [2.05, 4.69) is 24.1 Å². The molecule has 1 atom stereocenters. The van der Waals surface area contributed by atoms with Gasteiger partial charge in [-0.25, -0.2) is 4.79 Å². The number of anilines is 1. The molecule has 0 fully saturated rings. The van der Waals surface area contributed by atoms with Gasteiger partial charge in [0.2, 0.25) is 0 Å². The molecular weight excluding hydrogens is 192 g/mol. The van der Waals surface area contributed by atoms with Crippen LogP contribution in [0.5, 0.6) is 0 Å². The van der Waals surface area contributed by atoms with Gasteiger partial charge in [0.25, 0.3) is 0 Å². The van der Waals surface area contributed by atoms with Gasteiger partial charge in [-0.05, 0) is 12.0 Å². The number of carboxylic acids is 1. The highest BCUT2D eigenvalue weighted by Gasteiger charge is 2.09. The van der Waals surface area contributed by atoms with Crippen molar-refractivity contribution in [1.29, 1.82) is 0 Å². The van der Waals surface area contributed by atoms with Crippen LogP contribution in [0.25, 0.3) is 0 Å². The first-order chi connectivity index (χ1) is 7.15. The average molecular weight is 208 g/mol. The topological polar surface area (TPSA) is 62.2 Å². The third kappa shape index (κ3) is 3.23. The highest BCUT2D eigenvalue weighted by molar-refractivity contribution is 5.93. The molecule has 1 rings (SSSR count). The van der Waals surface area contributed by atoms with Crippen LogP contribution in [0, 0.1) is 5.92 Å². The second-order valence-electron chi connectivity index (χ2n) is 3.62. The Kier molecular flexibility index (Phi) is 4.09. The van der Waals surface area contributed by atoms with Crippen molar-refractivity contribution in [2.45, 2.75) is 20.3 Å². The SMILES string of the molecule is CCC(C)CNc1ccncc1C(=O)O. The molecule has 0 saturated carbocycles. The van der Waals surface area contributed by atoms with E-state index in [1.807, 2.05) is 0 Å². The zero-order chi connectivity index (χ0) is 11.3. The number of nitrogens with one attached hydrogen (secondary N) is 1. The first-order valence-corrected chi connectivity index (χ1v) is 5.06. The maximum atomic E-state index is 10.9. The number of nitrogens with zero attached hydrogens (tertiary/aromatic N) is 1. The summed E-state index contributed by atoms with van der Waals surface area (Å²) in [6.07, 6.45) is 4.02. The summed E-state index contributed by atoms with van der Waals surface area (Å²) in [7, 11) is 0. The van der Waals surface area contributed by atoms with Gasteiger partial charge in [0.05, 0.1) is 5.69 Å². The Labute approximate surface area is 89.3 Å². The van der Waals surface area contributed by atoms with E-state index >= 15 is 0 Å². The van der Waals surface area contributed by atoms with E-state index < -0.39 is 5.97 Å². The number of hydrogen-bond donors (Lipinski definition) is 2. The summed E-state index contributed by atoms with van der Waals surface area (Å²) in [6, 6.07) is 1.69. The monoisotopic (exact) mass is 208 g/mol. The van der Waals surface area contributed by atoms with Crippen molar-refractivity contribution in [2.75, 3.05) is 11.9 Å². The Balaban J connectivity index is 2.72. The van der Waals surface area contributed by atoms with Crippen molar-refractivity contribution in [3.63, 3.8) is 0 Å². The van der Waals surface area contributed by atoms with E-state index in [9.17, 15) is 4.79 Å². The molecule has 15 heavy (non-hydrogen) atoms. The number of carbonyl (C=O) groups is 1. The van der Waals surface area contributed by atoms with Gasteiger partial charge in [-0.1, -0.05) is 20.3 Å². The van der Waals surface area contributed by atoms with Crippen LogP contribution < -0.4 is 5.32 Å². The minimum atomic E-state index is -0.949. The minimum absolute atomic E-state index is 0.223. The summed E-state index contributed by atoms with van der Waals surface area (Å²) in [4.78, 5) is 14.6. The maximum Gasteiger partial charge on any atom is 0.339 e. The minimum Gasteiger partial charge on any atom is -0.478 e. The maximum absolute atomic E-state index is 10.9. The molecule has 1 aromatic heterocycles. The lowest BCUT2D eigenvalue weighted by molar-refractivity contribution is 0.0697. The molecule has 2 N–H and O–H groups in total. The lowest BCUT2D eigenvalue weighted by Crippen LogP contribution is -2.13. The molecule has 0 saturated heterocycles. The fourth-order valence-electron chi connectivity index (χ4n) is 1.15. The van der Waals surface area contributed by atoms with E-state index in [4.69, 9.17) is 5.11 Å². The average Bonchev–Trinajstić information content (AvgIpc) is 2.26. The fraction of sp³-hybridized carbons (Fsp3) is 0.455. The molecule has 4 heteroatoms. The highest BCUT2D eigenvalue weighted by Crippen LogP contribution is 2.14. The van der Waals surface area contributed by atoms with Crippen molar-refractivity contribution in [3.8, 4) is 0 Å². The Morgan fingerprint density at radius 1 is 1.67 bits per heavy atom. The van der Waals surface area contributed by atoms with E-state index in [0.29, 0.717) is 11.6 Å². The third-order valence-electron chi connectivity index (χ3n) is 2.39. The zero-order valence-electron chi connectivity index (χ0n) is 9.03. The van der Waals surface area contributed by atoms with Gasteiger partial charge in [-0.2, -0.15) is 0 Å². The van der Waals surface area contributed by atoms with Crippen LogP contribution in [0.4, 0.5) is 5.69 Å². The molecule has 4 nitrogen and oxygen atoms in total. The standard InChI is InChI=1S/C11H16N2O2/c1-3-8(2)6-13-10-4-5-12-7-9(10)11(14)15/h4-5,7-8H,3,6H2,1-2H3,(H,12,13)(H,14,15). The molecule has 1 unspecified atom stereocenters. The Morgan fingerprint density at radius 3 is 3.00 bits per heavy atom.